The lowest BCUT2D eigenvalue weighted by Gasteiger charge is -2.20. The van der Waals surface area contributed by atoms with Crippen molar-refractivity contribution >= 4 is 11.0 Å². The van der Waals surface area contributed by atoms with Gasteiger partial charge < -0.3 is 9.52 Å². The Balaban J connectivity index is 1.98. The number of aliphatic hydroxyl groups is 1. The Hall–Kier alpha value is -1.28. The van der Waals surface area contributed by atoms with Crippen molar-refractivity contribution < 1.29 is 9.52 Å². The molecule has 0 aliphatic heterocycles. The summed E-state index contributed by atoms with van der Waals surface area (Å²) < 4.78 is 5.77. The lowest BCUT2D eigenvalue weighted by atomic mass is 9.96. The minimum absolute atomic E-state index is 0.681. The van der Waals surface area contributed by atoms with E-state index in [0.717, 1.165) is 17.4 Å². The smallest absolute Gasteiger partial charge is 0.136 e. The first-order valence-corrected chi connectivity index (χ1v) is 6.28. The molecule has 1 aliphatic rings. The van der Waals surface area contributed by atoms with Gasteiger partial charge in [-0.15, -0.1) is 0 Å². The van der Waals surface area contributed by atoms with Gasteiger partial charge in [0.2, 0.25) is 0 Å². The molecular weight excluding hydrogens is 212 g/mol. The fourth-order valence-electron chi connectivity index (χ4n) is 2.41. The largest absolute Gasteiger partial charge is 0.458 e. The molecule has 1 saturated carbocycles. The summed E-state index contributed by atoms with van der Waals surface area (Å²) in [6.07, 6.45) is 3.30. The molecule has 0 spiro atoms. The number of rotatable bonds is 3. The van der Waals surface area contributed by atoms with E-state index in [-0.39, 0.29) is 0 Å². The maximum atomic E-state index is 10.5. The molecule has 1 N–H and O–H groups in total. The minimum Gasteiger partial charge on any atom is -0.458 e. The minimum atomic E-state index is -0.825. The van der Waals surface area contributed by atoms with E-state index in [1.165, 1.54) is 18.4 Å². The van der Waals surface area contributed by atoms with E-state index in [1.54, 1.807) is 0 Å². The Morgan fingerprint density at radius 1 is 1.35 bits per heavy atom. The third-order valence-corrected chi connectivity index (χ3v) is 3.59. The molecule has 90 valence electrons. The molecule has 3 rings (SSSR count). The average molecular weight is 230 g/mol. The lowest BCUT2D eigenvalue weighted by molar-refractivity contribution is 0.0213. The van der Waals surface area contributed by atoms with Crippen LogP contribution in [0.2, 0.25) is 0 Å². The zero-order valence-electron chi connectivity index (χ0n) is 10.4. The number of benzene rings is 1. The highest BCUT2D eigenvalue weighted by molar-refractivity contribution is 5.78. The number of aryl methyl sites for hydroxylation is 1. The predicted molar refractivity (Wildman–Crippen MR) is 67.9 cm³/mol. The van der Waals surface area contributed by atoms with Crippen molar-refractivity contribution in [3.8, 4) is 0 Å². The first-order chi connectivity index (χ1) is 8.04. The zero-order valence-corrected chi connectivity index (χ0v) is 10.4. The van der Waals surface area contributed by atoms with E-state index in [2.05, 4.69) is 13.0 Å². The number of hydrogen-bond acceptors (Lipinski definition) is 2. The van der Waals surface area contributed by atoms with Crippen molar-refractivity contribution in [2.75, 3.05) is 0 Å². The second kappa shape index (κ2) is 3.61. The third kappa shape index (κ3) is 2.09. The van der Waals surface area contributed by atoms with Crippen LogP contribution in [-0.2, 0) is 5.60 Å². The van der Waals surface area contributed by atoms with E-state index in [4.69, 9.17) is 4.42 Å². The molecule has 1 atom stereocenters. The first-order valence-electron chi connectivity index (χ1n) is 6.28. The van der Waals surface area contributed by atoms with Gasteiger partial charge in [-0.2, -0.15) is 0 Å². The summed E-state index contributed by atoms with van der Waals surface area (Å²) in [7, 11) is 0. The Morgan fingerprint density at radius 3 is 2.82 bits per heavy atom. The van der Waals surface area contributed by atoms with Crippen LogP contribution in [-0.4, -0.2) is 5.11 Å². The Bertz CT molecular complexity index is 547. The van der Waals surface area contributed by atoms with Gasteiger partial charge in [-0.3, -0.25) is 0 Å². The molecule has 1 heterocycles. The van der Waals surface area contributed by atoms with Gasteiger partial charge in [-0.25, -0.2) is 0 Å². The molecule has 0 amide bonds. The molecule has 1 aromatic carbocycles. The molecule has 2 heteroatoms. The molecule has 0 radical (unpaired) electrons. The second-order valence-electron chi connectivity index (χ2n) is 5.57. The molecule has 1 aliphatic carbocycles. The van der Waals surface area contributed by atoms with E-state index in [9.17, 15) is 5.11 Å². The van der Waals surface area contributed by atoms with E-state index in [1.807, 2.05) is 25.1 Å². The van der Waals surface area contributed by atoms with Gasteiger partial charge in [0.25, 0.3) is 0 Å². The summed E-state index contributed by atoms with van der Waals surface area (Å²) in [6.45, 7) is 3.92. The van der Waals surface area contributed by atoms with Crippen LogP contribution in [0, 0.1) is 12.8 Å². The van der Waals surface area contributed by atoms with Crippen molar-refractivity contribution in [1.29, 1.82) is 0 Å². The van der Waals surface area contributed by atoms with Crippen LogP contribution in [0.25, 0.3) is 11.0 Å². The third-order valence-electron chi connectivity index (χ3n) is 3.59. The number of fused-ring (bicyclic) bond motifs is 1. The van der Waals surface area contributed by atoms with Crippen LogP contribution in [0.5, 0.6) is 0 Å². The Morgan fingerprint density at radius 2 is 2.12 bits per heavy atom. The van der Waals surface area contributed by atoms with Crippen molar-refractivity contribution in [3.05, 3.63) is 35.6 Å². The van der Waals surface area contributed by atoms with Gasteiger partial charge in [0.15, 0.2) is 0 Å². The number of hydrogen-bond donors (Lipinski definition) is 1. The van der Waals surface area contributed by atoms with E-state index in [0.29, 0.717) is 11.7 Å². The van der Waals surface area contributed by atoms with Crippen LogP contribution < -0.4 is 0 Å². The van der Waals surface area contributed by atoms with Crippen LogP contribution in [0.1, 0.15) is 37.5 Å². The molecule has 0 bridgehead atoms. The summed E-state index contributed by atoms with van der Waals surface area (Å²) in [5.74, 6) is 1.38. The summed E-state index contributed by atoms with van der Waals surface area (Å²) in [5, 5.41) is 11.6. The maximum absolute atomic E-state index is 10.5. The molecule has 1 aromatic heterocycles. The van der Waals surface area contributed by atoms with E-state index >= 15 is 0 Å². The highest BCUT2D eigenvalue weighted by atomic mass is 16.4. The molecule has 17 heavy (non-hydrogen) atoms. The topological polar surface area (TPSA) is 33.4 Å². The average Bonchev–Trinajstić information content (AvgIpc) is 2.94. The van der Waals surface area contributed by atoms with Crippen molar-refractivity contribution in [2.24, 2.45) is 5.92 Å². The Kier molecular flexibility index (Phi) is 2.30. The standard InChI is InChI=1S/C15H18O2/c1-10-3-6-13-12(7-10)8-14(17-13)15(2,16)9-11-4-5-11/h3,6-8,11,16H,4-5,9H2,1-2H3. The highest BCUT2D eigenvalue weighted by Gasteiger charge is 2.35. The first kappa shape index (κ1) is 10.8. The van der Waals surface area contributed by atoms with Crippen LogP contribution in [0.3, 0.4) is 0 Å². The second-order valence-corrected chi connectivity index (χ2v) is 5.57. The zero-order chi connectivity index (χ0) is 12.0. The molecule has 2 nitrogen and oxygen atoms in total. The van der Waals surface area contributed by atoms with Crippen molar-refractivity contribution in [1.82, 2.24) is 0 Å². The predicted octanol–water partition coefficient (Wildman–Crippen LogP) is 3.75. The van der Waals surface area contributed by atoms with Crippen LogP contribution in [0.15, 0.2) is 28.7 Å². The van der Waals surface area contributed by atoms with Crippen LogP contribution >= 0.6 is 0 Å². The summed E-state index contributed by atoms with van der Waals surface area (Å²) >= 11 is 0. The van der Waals surface area contributed by atoms with Gasteiger partial charge in [-0.1, -0.05) is 24.5 Å². The summed E-state index contributed by atoms with van der Waals surface area (Å²) in [4.78, 5) is 0. The summed E-state index contributed by atoms with van der Waals surface area (Å²) in [5.41, 5.74) is 1.25. The van der Waals surface area contributed by atoms with Crippen molar-refractivity contribution in [2.45, 2.75) is 38.7 Å². The van der Waals surface area contributed by atoms with E-state index < -0.39 is 5.60 Å². The Labute approximate surface area is 101 Å². The molecule has 1 fully saturated rings. The fraction of sp³-hybridized carbons (Fsp3) is 0.467. The molecule has 2 aromatic rings. The van der Waals surface area contributed by atoms with Crippen molar-refractivity contribution in [3.63, 3.8) is 0 Å². The van der Waals surface area contributed by atoms with Gasteiger partial charge in [0.1, 0.15) is 16.9 Å². The van der Waals surface area contributed by atoms with Crippen LogP contribution in [0.4, 0.5) is 0 Å². The van der Waals surface area contributed by atoms with Gasteiger partial charge in [0.05, 0.1) is 0 Å². The highest BCUT2D eigenvalue weighted by Crippen LogP contribution is 2.41. The van der Waals surface area contributed by atoms with Gasteiger partial charge in [0, 0.05) is 5.39 Å². The molecular formula is C15H18O2. The molecule has 0 saturated heterocycles. The fourth-order valence-corrected chi connectivity index (χ4v) is 2.41. The number of furan rings is 1. The van der Waals surface area contributed by atoms with Gasteiger partial charge in [-0.05, 0) is 44.4 Å². The van der Waals surface area contributed by atoms with Gasteiger partial charge >= 0.3 is 0 Å². The SMILES string of the molecule is Cc1ccc2oc(C(C)(O)CC3CC3)cc2c1. The lowest BCUT2D eigenvalue weighted by Crippen LogP contribution is -2.20. The normalized spacial score (nSPS) is 19.5. The quantitative estimate of drug-likeness (QED) is 0.871. The molecule has 1 unspecified atom stereocenters. The monoisotopic (exact) mass is 230 g/mol. The summed E-state index contributed by atoms with van der Waals surface area (Å²) in [6, 6.07) is 8.08. The maximum Gasteiger partial charge on any atom is 0.136 e.